The predicted molar refractivity (Wildman–Crippen MR) is 74.1 cm³/mol. The van der Waals surface area contributed by atoms with Crippen molar-refractivity contribution in [3.05, 3.63) is 11.6 Å². The first-order valence-electron chi connectivity index (χ1n) is 7.13. The average Bonchev–Trinajstić information content (AvgIpc) is 3.26. The van der Waals surface area contributed by atoms with Crippen molar-refractivity contribution >= 4 is 0 Å². The van der Waals surface area contributed by atoms with E-state index in [1.165, 1.54) is 18.4 Å². The van der Waals surface area contributed by atoms with E-state index in [9.17, 15) is 5.11 Å². The van der Waals surface area contributed by atoms with Crippen molar-refractivity contribution in [3.8, 4) is 0 Å². The molecule has 4 atom stereocenters. The normalized spacial score (nSPS) is 40.7. The lowest BCUT2D eigenvalue weighted by Crippen LogP contribution is -2.63. The molecule has 116 valence electrons. The van der Waals surface area contributed by atoms with Crippen LogP contribution in [0.5, 0.6) is 0 Å². The van der Waals surface area contributed by atoms with Gasteiger partial charge in [0.1, 0.15) is 12.2 Å². The molecular weight excluding hydrogens is 260 g/mol. The molecule has 0 radical (unpaired) electrons. The lowest BCUT2D eigenvalue weighted by Gasteiger charge is -2.49. The van der Waals surface area contributed by atoms with E-state index in [1.807, 2.05) is 6.08 Å². The van der Waals surface area contributed by atoms with Crippen LogP contribution in [0, 0.1) is 5.92 Å². The molecule has 1 aliphatic heterocycles. The number of aliphatic hydroxyl groups excluding tert-OH is 1. The summed E-state index contributed by atoms with van der Waals surface area (Å²) in [5.74, 6) is -1.42. The van der Waals surface area contributed by atoms with Crippen molar-refractivity contribution in [2.45, 2.75) is 57.4 Å². The maximum atomic E-state index is 10.3. The Morgan fingerprint density at radius 3 is 2.35 bits per heavy atom. The second-order valence-corrected chi connectivity index (χ2v) is 5.94. The Kier molecular flexibility index (Phi) is 4.56. The number of aliphatic hydroxyl groups is 1. The molecule has 20 heavy (non-hydrogen) atoms. The highest BCUT2D eigenvalue weighted by molar-refractivity contribution is 5.13. The Bertz CT molecular complexity index is 378. The molecule has 0 aromatic rings. The third-order valence-corrected chi connectivity index (χ3v) is 4.54. The summed E-state index contributed by atoms with van der Waals surface area (Å²) in [4.78, 5) is 0. The number of rotatable bonds is 5. The number of hydrogen-bond donors (Lipinski definition) is 1. The van der Waals surface area contributed by atoms with Gasteiger partial charge < -0.3 is 24.1 Å². The molecule has 0 aromatic heterocycles. The number of ether oxygens (including phenoxy) is 4. The van der Waals surface area contributed by atoms with E-state index in [-0.39, 0.29) is 6.61 Å². The van der Waals surface area contributed by atoms with Crippen molar-refractivity contribution < 1.29 is 24.1 Å². The monoisotopic (exact) mass is 286 g/mol. The molecule has 5 nitrogen and oxygen atoms in total. The first-order chi connectivity index (χ1) is 9.35. The van der Waals surface area contributed by atoms with Crippen molar-refractivity contribution in [2.75, 3.05) is 20.8 Å². The molecule has 0 bridgehead atoms. The van der Waals surface area contributed by atoms with Gasteiger partial charge in [-0.3, -0.25) is 0 Å². The summed E-state index contributed by atoms with van der Waals surface area (Å²) < 4.78 is 22.5. The Morgan fingerprint density at radius 1 is 1.25 bits per heavy atom. The van der Waals surface area contributed by atoms with E-state index in [2.05, 4.69) is 6.92 Å². The molecule has 2 fully saturated rings. The molecule has 1 N–H and O–H groups in total. The minimum Gasteiger partial charge on any atom is -0.386 e. The minimum atomic E-state index is -1.06. The summed E-state index contributed by atoms with van der Waals surface area (Å²) >= 11 is 0. The van der Waals surface area contributed by atoms with Crippen LogP contribution in [-0.4, -0.2) is 49.7 Å². The van der Waals surface area contributed by atoms with Gasteiger partial charge in [-0.1, -0.05) is 11.6 Å². The Balaban J connectivity index is 2.06. The van der Waals surface area contributed by atoms with E-state index in [0.29, 0.717) is 5.92 Å². The zero-order valence-corrected chi connectivity index (χ0v) is 13.0. The highest BCUT2D eigenvalue weighted by atomic mass is 16.8. The fraction of sp³-hybridized carbons (Fsp3) is 0.867. The van der Waals surface area contributed by atoms with Gasteiger partial charge in [0.15, 0.2) is 0 Å². The summed E-state index contributed by atoms with van der Waals surface area (Å²) in [6.45, 7) is 5.84. The Morgan fingerprint density at radius 2 is 1.85 bits per heavy atom. The molecule has 1 aliphatic carbocycles. The van der Waals surface area contributed by atoms with Crippen LogP contribution < -0.4 is 0 Å². The van der Waals surface area contributed by atoms with Crippen LogP contribution in [0.15, 0.2) is 11.6 Å². The molecule has 2 aliphatic rings. The molecule has 0 aromatic carbocycles. The van der Waals surface area contributed by atoms with E-state index >= 15 is 0 Å². The summed E-state index contributed by atoms with van der Waals surface area (Å²) in [5, 5.41) is 10.3. The van der Waals surface area contributed by atoms with Crippen LogP contribution in [0.3, 0.4) is 0 Å². The largest absolute Gasteiger partial charge is 0.386 e. The van der Waals surface area contributed by atoms with Gasteiger partial charge in [-0.15, -0.1) is 0 Å². The van der Waals surface area contributed by atoms with Gasteiger partial charge in [-0.25, -0.2) is 0 Å². The van der Waals surface area contributed by atoms with Crippen LogP contribution in [-0.2, 0) is 18.9 Å². The predicted octanol–water partition coefficient (Wildman–Crippen LogP) is 1.84. The van der Waals surface area contributed by atoms with Crippen molar-refractivity contribution in [1.82, 2.24) is 0 Å². The topological polar surface area (TPSA) is 57.2 Å². The molecule has 0 unspecified atom stereocenters. The van der Waals surface area contributed by atoms with Crippen LogP contribution in [0.4, 0.5) is 0 Å². The molecule has 1 saturated heterocycles. The highest BCUT2D eigenvalue weighted by Gasteiger charge is 2.54. The average molecular weight is 286 g/mol. The van der Waals surface area contributed by atoms with Gasteiger partial charge in [0.05, 0.1) is 6.61 Å². The molecular formula is C15H26O5. The standard InChI is InChI=1S/C15H26O5/c1-10(11-6-7-11)8-12(16)13-9-19-14(2,17-4)15(3,18-5)20-13/h8,11-13,16H,6-7,9H2,1-5H3/b10-8+/t12-,13+,14-,15-/m1/s1. The van der Waals surface area contributed by atoms with Crippen LogP contribution in [0.25, 0.3) is 0 Å². The molecule has 1 saturated carbocycles. The van der Waals surface area contributed by atoms with E-state index in [1.54, 1.807) is 28.1 Å². The molecule has 0 spiro atoms. The first kappa shape index (κ1) is 15.9. The number of methoxy groups -OCH3 is 2. The van der Waals surface area contributed by atoms with E-state index in [0.717, 1.165) is 0 Å². The second-order valence-electron chi connectivity index (χ2n) is 5.94. The van der Waals surface area contributed by atoms with Crippen LogP contribution in [0.1, 0.15) is 33.6 Å². The minimum absolute atomic E-state index is 0.263. The van der Waals surface area contributed by atoms with Gasteiger partial charge in [0.25, 0.3) is 0 Å². The zero-order chi connectivity index (χ0) is 15.0. The van der Waals surface area contributed by atoms with Gasteiger partial charge in [-0.05, 0) is 39.5 Å². The SMILES string of the molecule is CO[C@]1(C)OC[C@@H]([C@H](O)/C=C(\C)C2CC2)O[C@@]1(C)OC. The van der Waals surface area contributed by atoms with Gasteiger partial charge in [0.2, 0.25) is 11.6 Å². The molecule has 0 amide bonds. The van der Waals surface area contributed by atoms with E-state index in [4.69, 9.17) is 18.9 Å². The first-order valence-corrected chi connectivity index (χ1v) is 7.13. The summed E-state index contributed by atoms with van der Waals surface area (Å²) in [6.07, 6.45) is 3.14. The van der Waals surface area contributed by atoms with Crippen molar-refractivity contribution in [3.63, 3.8) is 0 Å². The Labute approximate surface area is 120 Å². The van der Waals surface area contributed by atoms with Crippen molar-refractivity contribution in [2.24, 2.45) is 5.92 Å². The highest BCUT2D eigenvalue weighted by Crippen LogP contribution is 2.39. The molecule has 5 heteroatoms. The summed E-state index contributed by atoms with van der Waals surface area (Å²) in [5.41, 5.74) is 1.22. The summed E-state index contributed by atoms with van der Waals surface area (Å²) in [6, 6.07) is 0. The smallest absolute Gasteiger partial charge is 0.220 e. The maximum Gasteiger partial charge on any atom is 0.220 e. The van der Waals surface area contributed by atoms with Crippen molar-refractivity contribution in [1.29, 1.82) is 0 Å². The third-order valence-electron chi connectivity index (χ3n) is 4.54. The fourth-order valence-electron chi connectivity index (χ4n) is 2.50. The lowest BCUT2D eigenvalue weighted by molar-refractivity contribution is -0.435. The Hall–Kier alpha value is -0.460. The van der Waals surface area contributed by atoms with Gasteiger partial charge >= 0.3 is 0 Å². The number of hydrogen-bond acceptors (Lipinski definition) is 5. The molecule has 2 rings (SSSR count). The van der Waals surface area contributed by atoms with Gasteiger partial charge in [-0.2, -0.15) is 0 Å². The van der Waals surface area contributed by atoms with Crippen LogP contribution in [0.2, 0.25) is 0 Å². The number of allylic oxidation sites excluding steroid dienone is 1. The van der Waals surface area contributed by atoms with Gasteiger partial charge in [0, 0.05) is 14.2 Å². The molecule has 1 heterocycles. The van der Waals surface area contributed by atoms with E-state index < -0.39 is 23.8 Å². The quantitative estimate of drug-likeness (QED) is 0.782. The lowest BCUT2D eigenvalue weighted by atomic mass is 10.0. The zero-order valence-electron chi connectivity index (χ0n) is 13.0. The third kappa shape index (κ3) is 2.92. The summed E-state index contributed by atoms with van der Waals surface area (Å²) in [7, 11) is 3.09. The maximum absolute atomic E-state index is 10.3. The van der Waals surface area contributed by atoms with Crippen LogP contribution >= 0.6 is 0 Å². The second kappa shape index (κ2) is 5.73. The fourth-order valence-corrected chi connectivity index (χ4v) is 2.50.